The number of nitrogens with zero attached hydrogens (tertiary/aromatic N) is 2. The minimum Gasteiger partial charge on any atom is -0.305 e. The van der Waals surface area contributed by atoms with Crippen LogP contribution in [0.3, 0.4) is 0 Å². The monoisotopic (exact) mass is 909 g/mol. The van der Waals surface area contributed by atoms with Gasteiger partial charge in [0, 0.05) is 31.0 Å². The summed E-state index contributed by atoms with van der Waals surface area (Å²) in [5.41, 5.74) is 9.79. The van der Waals surface area contributed by atoms with Crippen molar-refractivity contribution in [3.8, 4) is 44.8 Å². The predicted octanol–water partition coefficient (Wildman–Crippen LogP) is 11.8. The van der Waals surface area contributed by atoms with Gasteiger partial charge in [-0.05, 0) is 62.3 Å². The molecule has 0 saturated carbocycles. The van der Waals surface area contributed by atoms with Gasteiger partial charge in [-0.1, -0.05) is 66.0 Å². The molecule has 8 rings (SSSR count). The summed E-state index contributed by atoms with van der Waals surface area (Å²) >= 11 is -0.0208. The van der Waals surface area contributed by atoms with Crippen molar-refractivity contribution in [2.24, 2.45) is 0 Å². The first-order valence-electron chi connectivity index (χ1n) is 16.3. The average molecular weight is 908 g/mol. The largest absolute Gasteiger partial charge is 0.305 e. The Morgan fingerprint density at radius 1 is 0.620 bits per heavy atom. The Labute approximate surface area is 313 Å². The third kappa shape index (κ3) is 7.87. The van der Waals surface area contributed by atoms with Crippen molar-refractivity contribution in [1.29, 1.82) is 0 Å². The van der Waals surface area contributed by atoms with Gasteiger partial charge in [0.2, 0.25) is 0 Å². The molecule has 0 atom stereocenters. The molecule has 0 saturated heterocycles. The van der Waals surface area contributed by atoms with Crippen LogP contribution >= 0.6 is 11.3 Å². The summed E-state index contributed by atoms with van der Waals surface area (Å²) in [6.45, 7) is 2.19. The van der Waals surface area contributed by atoms with Gasteiger partial charge in [-0.15, -0.1) is 23.8 Å². The van der Waals surface area contributed by atoms with Crippen molar-refractivity contribution >= 4 is 49.2 Å². The van der Waals surface area contributed by atoms with E-state index in [2.05, 4.69) is 113 Å². The second-order valence-electron chi connectivity index (χ2n) is 13.2. The molecule has 0 bridgehead atoms. The number of hydrogen-bond donors (Lipinski definition) is 0. The van der Waals surface area contributed by atoms with Crippen LogP contribution in [0.1, 0.15) is 5.56 Å². The van der Waals surface area contributed by atoms with Crippen LogP contribution in [0.4, 0.5) is 4.39 Å². The first kappa shape index (κ1) is 35.6. The summed E-state index contributed by atoms with van der Waals surface area (Å²) in [5.74, 6) is 6.99. The van der Waals surface area contributed by atoms with Crippen molar-refractivity contribution in [3.05, 3.63) is 163 Å². The fourth-order valence-corrected chi connectivity index (χ4v) is 10.8. The van der Waals surface area contributed by atoms with Gasteiger partial charge in [0.1, 0.15) is 5.82 Å². The second-order valence-corrected chi connectivity index (χ2v) is 24.8. The maximum atomic E-state index is 13.3. The Morgan fingerprint density at radius 2 is 1.32 bits per heavy atom. The topological polar surface area (TPSA) is 25.8 Å². The molecule has 0 aliphatic rings. The zero-order valence-corrected chi connectivity index (χ0v) is 33.6. The van der Waals surface area contributed by atoms with Crippen molar-refractivity contribution < 1.29 is 24.5 Å². The van der Waals surface area contributed by atoms with Crippen LogP contribution in [-0.2, 0) is 20.1 Å². The summed E-state index contributed by atoms with van der Waals surface area (Å²) in [4.78, 5) is 9.20. The number of aromatic nitrogens is 2. The van der Waals surface area contributed by atoms with Crippen LogP contribution in [0, 0.1) is 24.9 Å². The minimum absolute atomic E-state index is 0. The van der Waals surface area contributed by atoms with E-state index in [1.165, 1.54) is 47.8 Å². The molecule has 8 aromatic rings. The van der Waals surface area contributed by atoms with Crippen molar-refractivity contribution in [3.63, 3.8) is 0 Å². The smallest absolute Gasteiger partial charge is 0.123 e. The van der Waals surface area contributed by atoms with Crippen molar-refractivity contribution in [1.82, 2.24) is 9.97 Å². The molecule has 0 aliphatic heterocycles. The van der Waals surface area contributed by atoms with Gasteiger partial charge in [0.25, 0.3) is 0 Å². The first-order valence-corrected chi connectivity index (χ1v) is 24.5. The zero-order chi connectivity index (χ0) is 34.0. The van der Waals surface area contributed by atoms with Crippen LogP contribution in [0.5, 0.6) is 0 Å². The van der Waals surface area contributed by atoms with Gasteiger partial charge >= 0.3 is 106 Å². The van der Waals surface area contributed by atoms with E-state index in [9.17, 15) is 4.39 Å². The van der Waals surface area contributed by atoms with E-state index < -0.39 is 13.3 Å². The maximum absolute atomic E-state index is 13.3. The number of fused-ring (bicyclic) bond motifs is 3. The Bertz CT molecular complexity index is 2390. The van der Waals surface area contributed by atoms with Crippen LogP contribution < -0.4 is 4.40 Å². The molecule has 6 heteroatoms. The number of aryl methyl sites for hydroxylation is 1. The standard InChI is InChI=1S/C29H17FNS.C15H18GeN.Ir/c30-24-10-6-20(7-11-24)21-8-12-25-26-16-23(9-13-28(26)32-29(25)18-21)27-17-22(14-15-31-27)19-4-2-1-3-5-19;1-12-10-15(13-8-6-5-7-9-13)17-11-14(12)16(2,3)4;/h1-8,10-18H;5-8,10-11H,1-4H3;/q2*-1;. The van der Waals surface area contributed by atoms with E-state index in [0.29, 0.717) is 0 Å². The molecule has 0 spiro atoms. The summed E-state index contributed by atoms with van der Waals surface area (Å²) in [7, 11) is 0. The molecule has 0 unspecified atom stereocenters. The third-order valence-corrected chi connectivity index (χ3v) is 14.2. The summed E-state index contributed by atoms with van der Waals surface area (Å²) in [6.07, 6.45) is 3.93. The zero-order valence-electron chi connectivity index (χ0n) is 28.3. The van der Waals surface area contributed by atoms with Crippen LogP contribution in [0.15, 0.2) is 140 Å². The fourth-order valence-electron chi connectivity index (χ4n) is 6.12. The third-order valence-electron chi connectivity index (χ3n) is 8.63. The number of thiophene rings is 1. The molecule has 2 nitrogen and oxygen atoms in total. The molecule has 0 fully saturated rings. The molecular formula is C44H35FGeIrN2S-2. The molecule has 0 N–H and O–H groups in total. The molecule has 3 heterocycles. The molecule has 249 valence electrons. The van der Waals surface area contributed by atoms with E-state index in [-0.39, 0.29) is 25.9 Å². The number of benzene rings is 5. The molecule has 5 aromatic carbocycles. The Morgan fingerprint density at radius 3 is 2.04 bits per heavy atom. The van der Waals surface area contributed by atoms with E-state index in [1.807, 2.05) is 60.8 Å². The quantitative estimate of drug-likeness (QED) is 0.127. The first-order chi connectivity index (χ1) is 23.7. The van der Waals surface area contributed by atoms with Gasteiger partial charge in [-0.2, -0.15) is 11.3 Å². The molecule has 3 aromatic heterocycles. The summed E-state index contributed by atoms with van der Waals surface area (Å²) in [6, 6.07) is 48.7. The van der Waals surface area contributed by atoms with Crippen LogP contribution in [-0.4, -0.2) is 23.2 Å². The Hall–Kier alpha value is -4.26. The molecule has 0 amide bonds. The normalized spacial score (nSPS) is 11.1. The Balaban J connectivity index is 0.000000204. The SMILES string of the molecule is Cc1cc(-c2[c-]cccc2)nc[c]1[Ge]([CH3])([CH3])[CH3].Fc1ccc(-c2ccc3c(c2)sc2c[c-]c(-c4cc(-c5ccccc5)ccn4)cc23)cc1.[Ir]. The predicted molar refractivity (Wildman–Crippen MR) is 208 cm³/mol. The van der Waals surface area contributed by atoms with Crippen molar-refractivity contribution in [2.75, 3.05) is 0 Å². The fraction of sp³-hybridized carbons (Fsp3) is 0.0909. The van der Waals surface area contributed by atoms with Gasteiger partial charge < -0.3 is 4.98 Å². The maximum Gasteiger partial charge on any atom is 0.123 e. The van der Waals surface area contributed by atoms with Gasteiger partial charge in [-0.3, -0.25) is 0 Å². The van der Waals surface area contributed by atoms with E-state index in [1.54, 1.807) is 11.3 Å². The minimum atomic E-state index is -1.77. The van der Waals surface area contributed by atoms with E-state index in [0.717, 1.165) is 39.2 Å². The van der Waals surface area contributed by atoms with Crippen molar-refractivity contribution in [2.45, 2.75) is 24.2 Å². The van der Waals surface area contributed by atoms with Gasteiger partial charge in [0.05, 0.1) is 0 Å². The van der Waals surface area contributed by atoms with Crippen LogP contribution in [0.2, 0.25) is 17.3 Å². The number of hydrogen-bond acceptors (Lipinski definition) is 3. The summed E-state index contributed by atoms with van der Waals surface area (Å²) < 4.78 is 17.2. The average Bonchev–Trinajstić information content (AvgIpc) is 3.50. The van der Waals surface area contributed by atoms with Crippen LogP contribution in [0.25, 0.3) is 64.9 Å². The van der Waals surface area contributed by atoms with E-state index >= 15 is 0 Å². The summed E-state index contributed by atoms with van der Waals surface area (Å²) in [5, 5.41) is 2.42. The second kappa shape index (κ2) is 15.3. The number of pyridine rings is 2. The molecule has 50 heavy (non-hydrogen) atoms. The van der Waals surface area contributed by atoms with Gasteiger partial charge in [0.15, 0.2) is 0 Å². The molecule has 0 aliphatic carbocycles. The Kier molecular flexibility index (Phi) is 10.9. The van der Waals surface area contributed by atoms with Gasteiger partial charge in [-0.25, -0.2) is 4.39 Å². The molecule has 1 radical (unpaired) electrons. The number of halogens is 1. The van der Waals surface area contributed by atoms with E-state index in [4.69, 9.17) is 0 Å². The number of rotatable bonds is 5. The molecular weight excluding hydrogens is 872 g/mol.